The molecule has 0 radical (unpaired) electrons. The predicted octanol–water partition coefficient (Wildman–Crippen LogP) is 5.31. The molecule has 1 aliphatic heterocycles. The number of ether oxygens (including phenoxy) is 1. The molecule has 0 saturated carbocycles. The highest BCUT2D eigenvalue weighted by Crippen LogP contribution is 2.39. The molecule has 5 nitrogen and oxygen atoms in total. The first-order chi connectivity index (χ1) is 12.8. The fraction of sp³-hybridized carbons (Fsp3) is 0.444. The van der Waals surface area contributed by atoms with Crippen LogP contribution < -0.4 is 5.32 Å². The van der Waals surface area contributed by atoms with E-state index in [0.29, 0.717) is 30.8 Å². The number of amides is 1. The van der Waals surface area contributed by atoms with E-state index in [1.165, 1.54) is 17.4 Å². The Balaban J connectivity index is 1.95. The average molecular weight is 447 g/mol. The van der Waals surface area contributed by atoms with Gasteiger partial charge in [-0.1, -0.05) is 23.2 Å². The summed E-state index contributed by atoms with van der Waals surface area (Å²) in [6.45, 7) is 7.97. The van der Waals surface area contributed by atoms with Crippen molar-refractivity contribution in [2.24, 2.45) is 0 Å². The number of carbonyl (C=O) groups is 2. The van der Waals surface area contributed by atoms with E-state index in [1.807, 2.05) is 0 Å². The number of nitrogens with zero attached hydrogens (tertiary/aromatic N) is 1. The molecule has 2 aromatic heterocycles. The van der Waals surface area contributed by atoms with Gasteiger partial charge in [-0.05, 0) is 38.8 Å². The summed E-state index contributed by atoms with van der Waals surface area (Å²) >= 11 is 14.6. The van der Waals surface area contributed by atoms with Crippen LogP contribution in [-0.2, 0) is 17.7 Å². The van der Waals surface area contributed by atoms with Gasteiger partial charge in [0.2, 0.25) is 0 Å². The van der Waals surface area contributed by atoms with Gasteiger partial charge < -0.3 is 10.1 Å². The third kappa shape index (κ3) is 4.32. The third-order valence-corrected chi connectivity index (χ3v) is 7.04. The Labute approximate surface area is 176 Å². The second-order valence-electron chi connectivity index (χ2n) is 6.43. The summed E-state index contributed by atoms with van der Waals surface area (Å²) in [6, 6.07) is 1.94. The van der Waals surface area contributed by atoms with E-state index >= 15 is 0 Å². The lowest BCUT2D eigenvalue weighted by Crippen LogP contribution is -2.35. The number of fused-ring (bicyclic) bond motifs is 1. The lowest BCUT2D eigenvalue weighted by Gasteiger charge is -2.30. The van der Waals surface area contributed by atoms with Crippen molar-refractivity contribution in [3.05, 3.63) is 36.3 Å². The van der Waals surface area contributed by atoms with Crippen LogP contribution in [0.5, 0.6) is 0 Å². The molecule has 146 valence electrons. The van der Waals surface area contributed by atoms with Gasteiger partial charge in [0.05, 0.1) is 22.1 Å². The molecule has 27 heavy (non-hydrogen) atoms. The second-order valence-corrected chi connectivity index (χ2v) is 9.83. The number of halogens is 2. The number of anilines is 1. The number of rotatable bonds is 5. The number of carbonyl (C=O) groups excluding carboxylic acids is 2. The Morgan fingerprint density at radius 1 is 1.33 bits per heavy atom. The molecule has 0 atom stereocenters. The van der Waals surface area contributed by atoms with Crippen molar-refractivity contribution >= 4 is 62.8 Å². The van der Waals surface area contributed by atoms with Crippen molar-refractivity contribution in [1.29, 1.82) is 0 Å². The van der Waals surface area contributed by atoms with Gasteiger partial charge in [-0.3, -0.25) is 9.69 Å². The maximum absolute atomic E-state index is 12.7. The van der Waals surface area contributed by atoms with E-state index in [9.17, 15) is 9.59 Å². The minimum Gasteiger partial charge on any atom is -0.462 e. The quantitative estimate of drug-likeness (QED) is 0.631. The first kappa shape index (κ1) is 20.6. The normalized spacial score (nSPS) is 14.3. The first-order valence-electron chi connectivity index (χ1n) is 8.63. The van der Waals surface area contributed by atoms with Gasteiger partial charge in [0.15, 0.2) is 0 Å². The lowest BCUT2D eigenvalue weighted by molar-refractivity contribution is 0.0526. The molecular formula is C18H20Cl2N2O3S2. The number of thiophene rings is 2. The van der Waals surface area contributed by atoms with Crippen molar-refractivity contribution in [3.8, 4) is 0 Å². The molecule has 3 rings (SSSR count). The largest absolute Gasteiger partial charge is 0.462 e. The minimum absolute atomic E-state index is 0.279. The predicted molar refractivity (Wildman–Crippen MR) is 112 cm³/mol. The number of esters is 1. The monoisotopic (exact) mass is 446 g/mol. The van der Waals surface area contributed by atoms with Gasteiger partial charge in [-0.2, -0.15) is 0 Å². The summed E-state index contributed by atoms with van der Waals surface area (Å²) in [5.74, 6) is -0.786. The van der Waals surface area contributed by atoms with E-state index < -0.39 is 5.97 Å². The van der Waals surface area contributed by atoms with Gasteiger partial charge in [-0.25, -0.2) is 4.79 Å². The molecule has 0 saturated heterocycles. The Morgan fingerprint density at radius 3 is 2.67 bits per heavy atom. The van der Waals surface area contributed by atoms with Gasteiger partial charge in [-0.15, -0.1) is 22.7 Å². The zero-order valence-corrected chi connectivity index (χ0v) is 18.4. The molecule has 0 spiro atoms. The van der Waals surface area contributed by atoms with Crippen molar-refractivity contribution < 1.29 is 14.3 Å². The van der Waals surface area contributed by atoms with E-state index in [0.717, 1.165) is 41.3 Å². The maximum Gasteiger partial charge on any atom is 0.341 e. The van der Waals surface area contributed by atoms with Crippen LogP contribution >= 0.6 is 45.9 Å². The van der Waals surface area contributed by atoms with Crippen LogP contribution in [-0.4, -0.2) is 36.0 Å². The van der Waals surface area contributed by atoms with E-state index in [2.05, 4.69) is 24.1 Å². The molecule has 9 heteroatoms. The molecule has 1 aliphatic rings. The van der Waals surface area contributed by atoms with Crippen molar-refractivity contribution in [2.75, 3.05) is 18.5 Å². The van der Waals surface area contributed by atoms with Crippen molar-refractivity contribution in [3.63, 3.8) is 0 Å². The summed E-state index contributed by atoms with van der Waals surface area (Å²) in [5.41, 5.74) is 1.74. The lowest BCUT2D eigenvalue weighted by atomic mass is 10.0. The topological polar surface area (TPSA) is 58.6 Å². The first-order valence-corrected chi connectivity index (χ1v) is 11.0. The van der Waals surface area contributed by atoms with Crippen LogP contribution in [0.1, 0.15) is 51.9 Å². The SMILES string of the molecule is CCOC(=O)c1c(NC(=O)c2cc(Cl)sc2Cl)sc2c1CCN(C(C)C)C2. The third-order valence-electron chi connectivity index (χ3n) is 4.42. The minimum atomic E-state index is -0.405. The molecule has 0 fully saturated rings. The highest BCUT2D eigenvalue weighted by Gasteiger charge is 2.30. The number of hydrogen-bond donors (Lipinski definition) is 1. The molecular weight excluding hydrogens is 427 g/mol. The highest BCUT2D eigenvalue weighted by atomic mass is 35.5. The maximum atomic E-state index is 12.7. The summed E-state index contributed by atoms with van der Waals surface area (Å²) in [4.78, 5) is 28.7. The zero-order valence-electron chi connectivity index (χ0n) is 15.2. The summed E-state index contributed by atoms with van der Waals surface area (Å²) < 4.78 is 6.00. The molecule has 0 bridgehead atoms. The average Bonchev–Trinajstić information content (AvgIpc) is 3.13. The van der Waals surface area contributed by atoms with Crippen LogP contribution in [0.25, 0.3) is 0 Å². The Kier molecular flexibility index (Phi) is 6.48. The van der Waals surface area contributed by atoms with Crippen LogP contribution in [0.4, 0.5) is 5.00 Å². The van der Waals surface area contributed by atoms with E-state index in [-0.39, 0.29) is 12.5 Å². The van der Waals surface area contributed by atoms with Gasteiger partial charge in [0.25, 0.3) is 5.91 Å². The Bertz CT molecular complexity index is 876. The van der Waals surface area contributed by atoms with Gasteiger partial charge in [0, 0.05) is 24.0 Å². The van der Waals surface area contributed by atoms with E-state index in [1.54, 1.807) is 6.92 Å². The summed E-state index contributed by atoms with van der Waals surface area (Å²) in [5, 5.41) is 3.35. The fourth-order valence-corrected chi connectivity index (χ4v) is 5.75. The molecule has 3 heterocycles. The highest BCUT2D eigenvalue weighted by molar-refractivity contribution is 7.20. The fourth-order valence-electron chi connectivity index (χ4n) is 3.04. The zero-order chi connectivity index (χ0) is 19.7. The molecule has 0 aliphatic carbocycles. The van der Waals surface area contributed by atoms with E-state index in [4.69, 9.17) is 27.9 Å². The van der Waals surface area contributed by atoms with Gasteiger partial charge in [0.1, 0.15) is 9.34 Å². The second kappa shape index (κ2) is 8.49. The molecule has 0 unspecified atom stereocenters. The standard InChI is InChI=1S/C18H20Cl2N2O3S2/c1-4-25-18(24)14-10-5-6-22(9(2)3)8-12(10)26-17(14)21-16(23)11-7-13(19)27-15(11)20/h7,9H,4-6,8H2,1-3H3,(H,21,23). The van der Waals surface area contributed by atoms with Crippen LogP contribution in [0, 0.1) is 0 Å². The molecule has 0 aromatic carbocycles. The summed E-state index contributed by atoms with van der Waals surface area (Å²) in [7, 11) is 0. The van der Waals surface area contributed by atoms with Crippen LogP contribution in [0.3, 0.4) is 0 Å². The van der Waals surface area contributed by atoms with Crippen molar-refractivity contribution in [2.45, 2.75) is 39.8 Å². The van der Waals surface area contributed by atoms with Gasteiger partial charge >= 0.3 is 5.97 Å². The molecule has 2 aromatic rings. The van der Waals surface area contributed by atoms with Crippen molar-refractivity contribution in [1.82, 2.24) is 4.90 Å². The van der Waals surface area contributed by atoms with Crippen LogP contribution in [0.15, 0.2) is 6.07 Å². The molecule has 1 N–H and O–H groups in total. The Morgan fingerprint density at radius 2 is 2.07 bits per heavy atom. The summed E-state index contributed by atoms with van der Waals surface area (Å²) in [6.07, 6.45) is 0.749. The van der Waals surface area contributed by atoms with Crippen LogP contribution in [0.2, 0.25) is 8.67 Å². The molecule has 1 amide bonds. The Hall–Kier alpha value is -1.12. The smallest absolute Gasteiger partial charge is 0.341 e. The number of nitrogens with one attached hydrogen (secondary N) is 1. The number of hydrogen-bond acceptors (Lipinski definition) is 6.